The monoisotopic (exact) mass is 453 g/mol. The summed E-state index contributed by atoms with van der Waals surface area (Å²) >= 11 is 0. The Kier molecular flexibility index (Phi) is 21.1. The lowest BCUT2D eigenvalue weighted by molar-refractivity contribution is -0.140. The van der Waals surface area contributed by atoms with Crippen molar-refractivity contribution in [2.24, 2.45) is 5.92 Å². The van der Waals surface area contributed by atoms with E-state index in [1.54, 1.807) is 7.05 Å². The van der Waals surface area contributed by atoms with Crippen LogP contribution in [0.1, 0.15) is 45.1 Å². The average Bonchev–Trinajstić information content (AvgIpc) is 2.81. The number of esters is 1. The van der Waals surface area contributed by atoms with Gasteiger partial charge in [-0.1, -0.05) is 26.0 Å². The van der Waals surface area contributed by atoms with Crippen LogP contribution in [-0.2, 0) is 30.5 Å². The number of benzene rings is 1. The summed E-state index contributed by atoms with van der Waals surface area (Å²) in [4.78, 5) is 41.5. The first-order chi connectivity index (χ1) is 15.3. The lowest BCUT2D eigenvalue weighted by Crippen LogP contribution is -2.46. The van der Waals surface area contributed by atoms with Gasteiger partial charge in [-0.3, -0.25) is 9.59 Å². The molecular weight excluding hydrogens is 414 g/mol. The molecule has 1 rings (SSSR count). The van der Waals surface area contributed by atoms with Gasteiger partial charge in [0.1, 0.15) is 12.6 Å². The SMILES string of the molecule is CNC(C(=O)NCC=O)C(C)C.CNc1ccc(CO)cc1.COC(=O)CCCCC=O. The highest BCUT2D eigenvalue weighted by Crippen LogP contribution is 2.07. The topological polar surface area (TPSA) is 134 Å². The van der Waals surface area contributed by atoms with Crippen LogP contribution in [0.15, 0.2) is 24.3 Å². The van der Waals surface area contributed by atoms with Gasteiger partial charge >= 0.3 is 5.97 Å². The molecule has 32 heavy (non-hydrogen) atoms. The molecule has 0 heterocycles. The van der Waals surface area contributed by atoms with Gasteiger partial charge in [0.25, 0.3) is 0 Å². The van der Waals surface area contributed by atoms with Crippen LogP contribution in [0.2, 0.25) is 0 Å². The number of amides is 1. The zero-order valence-electron chi connectivity index (χ0n) is 19.8. The summed E-state index contributed by atoms with van der Waals surface area (Å²) in [6.07, 6.45) is 4.01. The van der Waals surface area contributed by atoms with E-state index in [2.05, 4.69) is 20.7 Å². The Labute approximate surface area is 191 Å². The number of aldehydes is 2. The maximum absolute atomic E-state index is 11.2. The molecule has 0 aromatic heterocycles. The predicted octanol–water partition coefficient (Wildman–Crippen LogP) is 1.68. The van der Waals surface area contributed by atoms with Crippen molar-refractivity contribution in [2.75, 3.05) is 33.1 Å². The van der Waals surface area contributed by atoms with Crippen LogP contribution in [0.3, 0.4) is 0 Å². The van der Waals surface area contributed by atoms with Gasteiger partial charge in [0.2, 0.25) is 5.91 Å². The van der Waals surface area contributed by atoms with E-state index in [9.17, 15) is 19.2 Å². The lowest BCUT2D eigenvalue weighted by atomic mass is 10.0. The fourth-order valence-corrected chi connectivity index (χ4v) is 2.40. The van der Waals surface area contributed by atoms with Gasteiger partial charge in [-0.25, -0.2) is 0 Å². The molecule has 0 aliphatic rings. The number of ether oxygens (including phenoxy) is 1. The second kappa shape index (κ2) is 21.5. The molecule has 0 aliphatic heterocycles. The third-order valence-electron chi connectivity index (χ3n) is 4.23. The van der Waals surface area contributed by atoms with Crippen LogP contribution in [0, 0.1) is 5.92 Å². The van der Waals surface area contributed by atoms with E-state index >= 15 is 0 Å². The molecule has 0 saturated heterocycles. The standard InChI is InChI=1S/C8H16N2O2.C8H11NO.C7H12O3/c1-6(2)7(9-3)8(12)10-4-5-11;1-9-8-4-2-7(6-10)3-5-8;1-10-7(9)5-3-2-4-6-8/h5-7,9H,4H2,1-3H3,(H,10,12);2-5,9-10H,6H2,1H3;6H,2-5H2,1H3. The van der Waals surface area contributed by atoms with E-state index in [1.165, 1.54) is 7.11 Å². The number of likely N-dealkylation sites (N-methyl/N-ethyl adjacent to an activating group) is 1. The second-order valence-corrected chi connectivity index (χ2v) is 7.02. The fourth-order valence-electron chi connectivity index (χ4n) is 2.40. The molecule has 0 saturated carbocycles. The number of aliphatic hydroxyl groups is 1. The Morgan fingerprint density at radius 2 is 1.69 bits per heavy atom. The highest BCUT2D eigenvalue weighted by Gasteiger charge is 2.18. The van der Waals surface area contributed by atoms with E-state index in [4.69, 9.17) is 5.11 Å². The highest BCUT2D eigenvalue weighted by atomic mass is 16.5. The number of rotatable bonds is 12. The minimum atomic E-state index is -0.218. The van der Waals surface area contributed by atoms with Gasteiger partial charge < -0.3 is 35.4 Å². The minimum Gasteiger partial charge on any atom is -0.469 e. The number of nitrogens with one attached hydrogen (secondary N) is 3. The number of hydrogen-bond donors (Lipinski definition) is 4. The number of aliphatic hydroxyl groups excluding tert-OH is 1. The molecule has 1 aromatic rings. The largest absolute Gasteiger partial charge is 0.469 e. The Bertz CT molecular complexity index is 612. The van der Waals surface area contributed by atoms with Crippen LogP contribution in [-0.4, -0.2) is 63.3 Å². The summed E-state index contributed by atoms with van der Waals surface area (Å²) < 4.78 is 4.40. The van der Waals surface area contributed by atoms with Crippen molar-refractivity contribution in [1.82, 2.24) is 10.6 Å². The van der Waals surface area contributed by atoms with Gasteiger partial charge in [-0.2, -0.15) is 0 Å². The average molecular weight is 454 g/mol. The van der Waals surface area contributed by atoms with Crippen molar-refractivity contribution in [2.45, 2.75) is 52.2 Å². The zero-order chi connectivity index (χ0) is 24.8. The third-order valence-corrected chi connectivity index (χ3v) is 4.23. The van der Waals surface area contributed by atoms with Gasteiger partial charge in [-0.05, 0) is 43.5 Å². The number of carbonyl (C=O) groups is 4. The first-order valence-electron chi connectivity index (χ1n) is 10.6. The molecular formula is C23H39N3O6. The second-order valence-electron chi connectivity index (χ2n) is 7.02. The quantitative estimate of drug-likeness (QED) is 0.213. The van der Waals surface area contributed by atoms with Gasteiger partial charge in [0.05, 0.1) is 26.3 Å². The van der Waals surface area contributed by atoms with E-state index in [0.29, 0.717) is 19.1 Å². The molecule has 0 spiro atoms. The number of carbonyl (C=O) groups excluding carboxylic acids is 4. The number of methoxy groups -OCH3 is 1. The molecule has 1 unspecified atom stereocenters. The first-order valence-corrected chi connectivity index (χ1v) is 10.6. The van der Waals surface area contributed by atoms with Gasteiger partial charge in [0.15, 0.2) is 0 Å². The first kappa shape index (κ1) is 31.4. The molecule has 1 aromatic carbocycles. The minimum absolute atomic E-state index is 0.0870. The molecule has 1 amide bonds. The van der Waals surface area contributed by atoms with E-state index in [-0.39, 0.29) is 37.0 Å². The highest BCUT2D eigenvalue weighted by molar-refractivity contribution is 5.83. The Hall–Kier alpha value is -2.78. The van der Waals surface area contributed by atoms with Crippen LogP contribution < -0.4 is 16.0 Å². The number of anilines is 1. The summed E-state index contributed by atoms with van der Waals surface area (Å²) in [6.45, 7) is 4.09. The normalized spacial score (nSPS) is 10.5. The molecule has 9 nitrogen and oxygen atoms in total. The van der Waals surface area contributed by atoms with Crippen molar-refractivity contribution < 1.29 is 29.0 Å². The number of hydrogen-bond acceptors (Lipinski definition) is 8. The Morgan fingerprint density at radius 1 is 1.06 bits per heavy atom. The zero-order valence-corrected chi connectivity index (χ0v) is 19.8. The van der Waals surface area contributed by atoms with Crippen molar-refractivity contribution >= 4 is 30.1 Å². The van der Waals surface area contributed by atoms with Crippen LogP contribution >= 0.6 is 0 Å². The molecule has 4 N–H and O–H groups in total. The Balaban J connectivity index is 0. The molecule has 0 bridgehead atoms. The Morgan fingerprint density at radius 3 is 2.09 bits per heavy atom. The van der Waals surface area contributed by atoms with E-state index < -0.39 is 0 Å². The maximum atomic E-state index is 11.2. The summed E-state index contributed by atoms with van der Waals surface area (Å²) in [5.41, 5.74) is 2.01. The third kappa shape index (κ3) is 17.0. The molecule has 182 valence electrons. The van der Waals surface area contributed by atoms with Crippen molar-refractivity contribution in [3.63, 3.8) is 0 Å². The van der Waals surface area contributed by atoms with Crippen LogP contribution in [0.4, 0.5) is 5.69 Å². The van der Waals surface area contributed by atoms with E-state index in [1.807, 2.05) is 45.2 Å². The molecule has 0 fully saturated rings. The van der Waals surface area contributed by atoms with Gasteiger partial charge in [0, 0.05) is 25.6 Å². The molecule has 0 radical (unpaired) electrons. The fraction of sp³-hybridized carbons (Fsp3) is 0.565. The van der Waals surface area contributed by atoms with Crippen LogP contribution in [0.5, 0.6) is 0 Å². The summed E-state index contributed by atoms with van der Waals surface area (Å²) in [5.74, 6) is -0.104. The smallest absolute Gasteiger partial charge is 0.305 e. The van der Waals surface area contributed by atoms with Crippen molar-refractivity contribution in [1.29, 1.82) is 0 Å². The van der Waals surface area contributed by atoms with E-state index in [0.717, 1.165) is 30.4 Å². The van der Waals surface area contributed by atoms with Crippen LogP contribution in [0.25, 0.3) is 0 Å². The summed E-state index contributed by atoms with van der Waals surface area (Å²) in [5, 5.41) is 17.1. The molecule has 1 atom stereocenters. The van der Waals surface area contributed by atoms with Crippen molar-refractivity contribution in [3.8, 4) is 0 Å². The summed E-state index contributed by atoms with van der Waals surface area (Å²) in [6, 6.07) is 7.44. The van der Waals surface area contributed by atoms with Crippen molar-refractivity contribution in [3.05, 3.63) is 29.8 Å². The summed E-state index contributed by atoms with van der Waals surface area (Å²) in [7, 11) is 4.96. The number of unbranched alkanes of at least 4 members (excludes halogenated alkanes) is 2. The molecule has 9 heteroatoms. The van der Waals surface area contributed by atoms with Gasteiger partial charge in [-0.15, -0.1) is 0 Å². The lowest BCUT2D eigenvalue weighted by Gasteiger charge is -2.18. The molecule has 0 aliphatic carbocycles. The maximum Gasteiger partial charge on any atom is 0.305 e. The predicted molar refractivity (Wildman–Crippen MR) is 125 cm³/mol.